The molecule has 0 aliphatic heterocycles. The van der Waals surface area contributed by atoms with E-state index in [1.165, 1.54) is 25.1 Å². The maximum Gasteiger partial charge on any atom is 0.408 e. The summed E-state index contributed by atoms with van der Waals surface area (Å²) in [6.07, 6.45) is 0.291. The Morgan fingerprint density at radius 1 is 1.25 bits per heavy atom. The number of ether oxygens (including phenoxy) is 1. The minimum absolute atomic E-state index is 0.0576. The number of carbonyl (C=O) groups is 2. The highest BCUT2D eigenvalue weighted by Gasteiger charge is 2.22. The second-order valence-electron chi connectivity index (χ2n) is 6.35. The minimum atomic E-state index is -3.52. The molecule has 1 atom stereocenters. The summed E-state index contributed by atoms with van der Waals surface area (Å²) in [4.78, 5) is 23.7. The number of nitrogens with two attached hydrogens (primary N) is 1. The van der Waals surface area contributed by atoms with Crippen molar-refractivity contribution in [3.8, 4) is 0 Å². The molecule has 0 saturated carbocycles. The molecule has 1 rings (SSSR count). The smallest absolute Gasteiger partial charge is 0.408 e. The molecule has 0 aliphatic rings. The molecular formula is C15H23N3O5S. The van der Waals surface area contributed by atoms with Gasteiger partial charge in [-0.3, -0.25) is 4.79 Å². The van der Waals surface area contributed by atoms with E-state index in [0.717, 1.165) is 6.26 Å². The Balaban J connectivity index is 2.83. The van der Waals surface area contributed by atoms with Crippen LogP contribution in [0.5, 0.6) is 0 Å². The van der Waals surface area contributed by atoms with E-state index in [1.807, 2.05) is 0 Å². The highest BCUT2D eigenvalue weighted by Crippen LogP contribution is 2.26. The van der Waals surface area contributed by atoms with Crippen molar-refractivity contribution < 1.29 is 22.7 Å². The largest absolute Gasteiger partial charge is 0.444 e. The first-order valence-corrected chi connectivity index (χ1v) is 9.09. The average Bonchev–Trinajstić information content (AvgIpc) is 2.37. The summed E-state index contributed by atoms with van der Waals surface area (Å²) >= 11 is 0. The topological polar surface area (TPSA) is 128 Å². The summed E-state index contributed by atoms with van der Waals surface area (Å²) in [5.74, 6) is -0.557. The summed E-state index contributed by atoms with van der Waals surface area (Å²) in [6.45, 7) is 6.58. The van der Waals surface area contributed by atoms with Gasteiger partial charge in [-0.2, -0.15) is 0 Å². The van der Waals surface area contributed by atoms with Crippen LogP contribution in [-0.2, 0) is 19.4 Å². The fraction of sp³-hybridized carbons (Fsp3) is 0.467. The molecule has 134 valence electrons. The molecule has 1 unspecified atom stereocenters. The predicted molar refractivity (Wildman–Crippen MR) is 91.4 cm³/mol. The SMILES string of the molecule is CC(NC(=O)OC(C)(C)C)C(=O)Nc1cccc(S(C)(=O)=O)c1N. The van der Waals surface area contributed by atoms with Gasteiger partial charge in [-0.25, -0.2) is 13.2 Å². The molecule has 0 aliphatic carbocycles. The molecule has 0 spiro atoms. The lowest BCUT2D eigenvalue weighted by Crippen LogP contribution is -2.44. The summed E-state index contributed by atoms with van der Waals surface area (Å²) < 4.78 is 28.3. The quantitative estimate of drug-likeness (QED) is 0.701. The van der Waals surface area contributed by atoms with Crippen LogP contribution in [0.15, 0.2) is 23.1 Å². The maximum absolute atomic E-state index is 12.1. The Morgan fingerprint density at radius 3 is 2.33 bits per heavy atom. The highest BCUT2D eigenvalue weighted by molar-refractivity contribution is 7.90. The third-order valence-electron chi connectivity index (χ3n) is 2.85. The monoisotopic (exact) mass is 357 g/mol. The lowest BCUT2D eigenvalue weighted by molar-refractivity contribution is -0.117. The molecule has 8 nitrogen and oxygen atoms in total. The van der Waals surface area contributed by atoms with Crippen molar-refractivity contribution >= 4 is 33.2 Å². The molecule has 0 bridgehead atoms. The molecule has 2 amide bonds. The summed E-state index contributed by atoms with van der Waals surface area (Å²) in [6, 6.07) is 3.39. The lowest BCUT2D eigenvalue weighted by atomic mass is 10.2. The molecule has 0 radical (unpaired) electrons. The van der Waals surface area contributed by atoms with Crippen LogP contribution in [0.25, 0.3) is 0 Å². The third-order valence-corrected chi connectivity index (χ3v) is 4.00. The average molecular weight is 357 g/mol. The van der Waals surface area contributed by atoms with Crippen LogP contribution in [-0.4, -0.2) is 38.3 Å². The Kier molecular flexibility index (Phi) is 5.83. The van der Waals surface area contributed by atoms with Crippen molar-refractivity contribution in [3.63, 3.8) is 0 Å². The van der Waals surface area contributed by atoms with Gasteiger partial charge in [-0.1, -0.05) is 6.07 Å². The van der Waals surface area contributed by atoms with E-state index in [1.54, 1.807) is 20.8 Å². The number of anilines is 2. The van der Waals surface area contributed by atoms with Gasteiger partial charge in [-0.15, -0.1) is 0 Å². The Labute approximate surface area is 141 Å². The van der Waals surface area contributed by atoms with Crippen molar-refractivity contribution in [1.82, 2.24) is 5.32 Å². The number of sulfone groups is 1. The van der Waals surface area contributed by atoms with E-state index in [9.17, 15) is 18.0 Å². The van der Waals surface area contributed by atoms with E-state index >= 15 is 0 Å². The molecule has 0 heterocycles. The predicted octanol–water partition coefficient (Wildman–Crippen LogP) is 1.52. The number of benzene rings is 1. The Bertz CT molecular complexity index is 738. The number of nitrogen functional groups attached to an aromatic ring is 1. The van der Waals surface area contributed by atoms with Crippen LogP contribution in [0.2, 0.25) is 0 Å². The third kappa shape index (κ3) is 5.73. The van der Waals surface area contributed by atoms with Gasteiger partial charge in [-0.05, 0) is 39.8 Å². The van der Waals surface area contributed by atoms with E-state index < -0.39 is 33.5 Å². The van der Waals surface area contributed by atoms with Crippen LogP contribution in [0, 0.1) is 0 Å². The van der Waals surface area contributed by atoms with Gasteiger partial charge in [0.15, 0.2) is 9.84 Å². The fourth-order valence-electron chi connectivity index (χ4n) is 1.77. The van der Waals surface area contributed by atoms with Gasteiger partial charge in [0.1, 0.15) is 11.6 Å². The van der Waals surface area contributed by atoms with Crippen molar-refractivity contribution in [2.45, 2.75) is 44.2 Å². The summed E-state index contributed by atoms with van der Waals surface area (Å²) in [5, 5.41) is 4.88. The van der Waals surface area contributed by atoms with Gasteiger partial charge < -0.3 is 21.1 Å². The van der Waals surface area contributed by atoms with E-state index in [0.29, 0.717) is 0 Å². The Hall–Kier alpha value is -2.29. The van der Waals surface area contributed by atoms with Crippen LogP contribution in [0.4, 0.5) is 16.2 Å². The number of para-hydroxylation sites is 1. The van der Waals surface area contributed by atoms with Gasteiger partial charge in [0.25, 0.3) is 0 Å². The van der Waals surface area contributed by atoms with Crippen molar-refractivity contribution in [2.24, 2.45) is 0 Å². The number of nitrogens with one attached hydrogen (secondary N) is 2. The first-order valence-electron chi connectivity index (χ1n) is 7.20. The molecule has 0 saturated heterocycles. The van der Waals surface area contributed by atoms with Crippen LogP contribution >= 0.6 is 0 Å². The first kappa shape index (κ1) is 19.8. The molecule has 0 aromatic heterocycles. The summed E-state index contributed by atoms with van der Waals surface area (Å²) in [5.41, 5.74) is 5.21. The number of amides is 2. The van der Waals surface area contributed by atoms with Gasteiger partial charge in [0.2, 0.25) is 5.91 Å². The lowest BCUT2D eigenvalue weighted by Gasteiger charge is -2.22. The van der Waals surface area contributed by atoms with Crippen molar-refractivity contribution in [1.29, 1.82) is 0 Å². The van der Waals surface area contributed by atoms with E-state index in [4.69, 9.17) is 10.5 Å². The molecule has 1 aromatic rings. The molecule has 0 fully saturated rings. The second-order valence-corrected chi connectivity index (χ2v) is 8.33. The zero-order chi connectivity index (χ0) is 18.7. The number of carbonyl (C=O) groups excluding carboxylic acids is 2. The molecular weight excluding hydrogens is 334 g/mol. The van der Waals surface area contributed by atoms with Crippen LogP contribution in [0.3, 0.4) is 0 Å². The minimum Gasteiger partial charge on any atom is -0.444 e. The zero-order valence-corrected chi connectivity index (χ0v) is 15.2. The number of rotatable bonds is 4. The van der Waals surface area contributed by atoms with Crippen molar-refractivity contribution in [2.75, 3.05) is 17.3 Å². The fourth-order valence-corrected chi connectivity index (χ4v) is 2.60. The normalized spacial score (nSPS) is 13.0. The first-order chi connectivity index (χ1) is 10.8. The molecule has 1 aromatic carbocycles. The second kappa shape index (κ2) is 7.08. The van der Waals surface area contributed by atoms with Crippen LogP contribution < -0.4 is 16.4 Å². The van der Waals surface area contributed by atoms with Crippen LogP contribution in [0.1, 0.15) is 27.7 Å². The molecule has 4 N–H and O–H groups in total. The van der Waals surface area contributed by atoms with E-state index in [2.05, 4.69) is 10.6 Å². The van der Waals surface area contributed by atoms with Gasteiger partial charge >= 0.3 is 6.09 Å². The summed E-state index contributed by atoms with van der Waals surface area (Å²) in [7, 11) is -3.52. The van der Waals surface area contributed by atoms with Gasteiger partial charge in [0, 0.05) is 6.26 Å². The zero-order valence-electron chi connectivity index (χ0n) is 14.3. The number of alkyl carbamates (subject to hydrolysis) is 1. The van der Waals surface area contributed by atoms with E-state index in [-0.39, 0.29) is 16.3 Å². The van der Waals surface area contributed by atoms with Gasteiger partial charge in [0.05, 0.1) is 16.3 Å². The maximum atomic E-state index is 12.1. The standard InChI is InChI=1S/C15H23N3O5S/c1-9(17-14(20)23-15(2,3)4)13(19)18-10-7-6-8-11(12(10)16)24(5,21)22/h6-9H,16H2,1-5H3,(H,17,20)(H,18,19). The van der Waals surface area contributed by atoms with Crippen molar-refractivity contribution in [3.05, 3.63) is 18.2 Å². The molecule has 24 heavy (non-hydrogen) atoms. The highest BCUT2D eigenvalue weighted by atomic mass is 32.2. The Morgan fingerprint density at radius 2 is 1.83 bits per heavy atom. The number of hydrogen-bond acceptors (Lipinski definition) is 6. The number of hydrogen-bond donors (Lipinski definition) is 3. The molecule has 9 heteroatoms.